The maximum atomic E-state index is 12.7. The van der Waals surface area contributed by atoms with Gasteiger partial charge in [-0.05, 0) is 70.6 Å². The highest BCUT2D eigenvalue weighted by Gasteiger charge is 2.44. The maximum Gasteiger partial charge on any atom is 0.306 e. The smallest absolute Gasteiger partial charge is 0.306 e. The van der Waals surface area contributed by atoms with Crippen LogP contribution in [0.3, 0.4) is 0 Å². The van der Waals surface area contributed by atoms with Gasteiger partial charge in [-0.1, -0.05) is 120 Å². The van der Waals surface area contributed by atoms with E-state index in [1.54, 1.807) is 0 Å². The van der Waals surface area contributed by atoms with E-state index in [2.05, 4.69) is 74.6 Å². The van der Waals surface area contributed by atoms with Crippen LogP contribution >= 0.6 is 0 Å². The van der Waals surface area contributed by atoms with Crippen LogP contribution in [-0.4, -0.2) is 89.0 Å². The molecular formula is C43H72O10. The van der Waals surface area contributed by atoms with Crippen molar-refractivity contribution in [2.45, 2.75) is 179 Å². The molecule has 10 nitrogen and oxygen atoms in total. The average molecular weight is 749 g/mol. The van der Waals surface area contributed by atoms with E-state index in [9.17, 15) is 30.0 Å². The molecule has 0 saturated carbocycles. The Bertz CT molecular complexity index is 1050. The Morgan fingerprint density at radius 3 is 1.70 bits per heavy atom. The number of aliphatic hydroxyl groups is 4. The molecule has 1 heterocycles. The molecule has 0 aromatic rings. The second-order valence-electron chi connectivity index (χ2n) is 13.7. The molecule has 1 aliphatic rings. The number of aliphatic hydroxyl groups excluding tert-OH is 4. The van der Waals surface area contributed by atoms with Gasteiger partial charge in [0.25, 0.3) is 0 Å². The standard InChI is InChI=1S/C43H72O10/c1-3-5-7-9-11-13-15-16-17-18-19-20-22-23-25-27-29-31-38(45)50-34-36(35-51-43-42(49)41(48)40(47)37(33-44)53-43)52-39(46)32-30-28-26-24-21-14-12-10-8-6-4-2/h7,9-10,12-13,15,17-18,20,22,36-37,40-44,47-49H,3-6,8,11,14,16,19,21,23-35H2,1-2H3/b9-7+,12-10+,15-13+,18-17+,22-20+/t36-,37-,40+,41?,42?,43-/m0/s1. The molecular weight excluding hydrogens is 676 g/mol. The molecule has 4 N–H and O–H groups in total. The number of hydrogen-bond acceptors (Lipinski definition) is 10. The van der Waals surface area contributed by atoms with Crippen molar-refractivity contribution in [3.63, 3.8) is 0 Å². The topological polar surface area (TPSA) is 152 Å². The molecule has 1 rings (SSSR count). The molecule has 2 unspecified atom stereocenters. The zero-order chi connectivity index (χ0) is 38.8. The van der Waals surface area contributed by atoms with Crippen molar-refractivity contribution in [1.82, 2.24) is 0 Å². The summed E-state index contributed by atoms with van der Waals surface area (Å²) < 4.78 is 22.0. The minimum absolute atomic E-state index is 0.209. The third-order valence-corrected chi connectivity index (χ3v) is 8.86. The second kappa shape index (κ2) is 33.9. The monoisotopic (exact) mass is 749 g/mol. The van der Waals surface area contributed by atoms with Gasteiger partial charge in [0.15, 0.2) is 12.4 Å². The van der Waals surface area contributed by atoms with Crippen molar-refractivity contribution in [2.24, 2.45) is 0 Å². The number of esters is 2. The number of carbonyl (C=O) groups excluding carboxylic acids is 2. The first kappa shape index (κ1) is 48.4. The fourth-order valence-corrected chi connectivity index (χ4v) is 5.57. The van der Waals surface area contributed by atoms with E-state index in [1.165, 1.54) is 19.3 Å². The van der Waals surface area contributed by atoms with E-state index >= 15 is 0 Å². The number of hydrogen-bond donors (Lipinski definition) is 4. The van der Waals surface area contributed by atoms with Crippen LogP contribution in [-0.2, 0) is 28.5 Å². The van der Waals surface area contributed by atoms with E-state index in [4.69, 9.17) is 18.9 Å². The van der Waals surface area contributed by atoms with Crippen LogP contribution in [0.2, 0.25) is 0 Å². The third-order valence-electron chi connectivity index (χ3n) is 8.86. The molecule has 0 amide bonds. The van der Waals surface area contributed by atoms with Crippen molar-refractivity contribution in [2.75, 3.05) is 19.8 Å². The van der Waals surface area contributed by atoms with E-state index in [1.807, 2.05) is 0 Å². The molecule has 304 valence electrons. The lowest BCUT2D eigenvalue weighted by atomic mass is 9.99. The summed E-state index contributed by atoms with van der Waals surface area (Å²) in [6.07, 6.45) is 32.3. The van der Waals surface area contributed by atoms with Gasteiger partial charge in [-0.15, -0.1) is 0 Å². The summed E-state index contributed by atoms with van der Waals surface area (Å²) in [4.78, 5) is 25.2. The molecule has 0 bridgehead atoms. The van der Waals surface area contributed by atoms with Gasteiger partial charge in [-0.25, -0.2) is 0 Å². The van der Waals surface area contributed by atoms with Gasteiger partial charge >= 0.3 is 11.9 Å². The van der Waals surface area contributed by atoms with Gasteiger partial charge in [0, 0.05) is 12.8 Å². The fraction of sp³-hybridized carbons (Fsp3) is 0.721. The largest absolute Gasteiger partial charge is 0.462 e. The zero-order valence-corrected chi connectivity index (χ0v) is 32.7. The molecule has 0 aliphatic carbocycles. The predicted molar refractivity (Wildman–Crippen MR) is 210 cm³/mol. The Morgan fingerprint density at radius 1 is 0.585 bits per heavy atom. The Balaban J connectivity index is 2.40. The third kappa shape index (κ3) is 25.9. The molecule has 1 aliphatic heterocycles. The summed E-state index contributed by atoms with van der Waals surface area (Å²) in [6, 6.07) is 0. The summed E-state index contributed by atoms with van der Waals surface area (Å²) in [5.74, 6) is -0.862. The predicted octanol–water partition coefficient (Wildman–Crippen LogP) is 7.88. The SMILES string of the molecule is CCC/C=C/C/C=C/C/C=C/C/C=C/CCCCCC(=O)OC[C@@H](CO[C@H]1O[C@@H](CO)[C@@H](O)C(O)C1O)OC(=O)CCCCCCC/C=C/CCCC. The first-order valence-electron chi connectivity index (χ1n) is 20.4. The van der Waals surface area contributed by atoms with Crippen LogP contribution in [0.1, 0.15) is 142 Å². The first-order chi connectivity index (χ1) is 25.8. The van der Waals surface area contributed by atoms with Gasteiger partial charge in [-0.3, -0.25) is 9.59 Å². The summed E-state index contributed by atoms with van der Waals surface area (Å²) in [7, 11) is 0. The summed E-state index contributed by atoms with van der Waals surface area (Å²) >= 11 is 0. The van der Waals surface area contributed by atoms with Crippen LogP contribution in [0.4, 0.5) is 0 Å². The second-order valence-corrected chi connectivity index (χ2v) is 13.7. The van der Waals surface area contributed by atoms with E-state index < -0.39 is 55.4 Å². The molecule has 53 heavy (non-hydrogen) atoms. The number of allylic oxidation sites excluding steroid dienone is 10. The summed E-state index contributed by atoms with van der Waals surface area (Å²) in [5, 5.41) is 39.9. The van der Waals surface area contributed by atoms with Crippen molar-refractivity contribution in [3.05, 3.63) is 60.8 Å². The van der Waals surface area contributed by atoms with E-state index in [-0.39, 0.29) is 26.1 Å². The molecule has 1 saturated heterocycles. The minimum Gasteiger partial charge on any atom is -0.462 e. The normalized spacial score (nSPS) is 21.5. The molecule has 0 aromatic heterocycles. The quantitative estimate of drug-likeness (QED) is 0.0304. The average Bonchev–Trinajstić information content (AvgIpc) is 3.15. The zero-order valence-electron chi connectivity index (χ0n) is 32.7. The number of rotatable bonds is 32. The van der Waals surface area contributed by atoms with Gasteiger partial charge in [0.1, 0.15) is 31.0 Å². The lowest BCUT2D eigenvalue weighted by Gasteiger charge is -2.39. The fourth-order valence-electron chi connectivity index (χ4n) is 5.57. The van der Waals surface area contributed by atoms with Crippen LogP contribution in [0.25, 0.3) is 0 Å². The Labute approximate surface area is 320 Å². The lowest BCUT2D eigenvalue weighted by Crippen LogP contribution is -2.59. The van der Waals surface area contributed by atoms with Crippen molar-refractivity contribution in [1.29, 1.82) is 0 Å². The Hall–Kier alpha value is -2.60. The molecule has 6 atom stereocenters. The lowest BCUT2D eigenvalue weighted by molar-refractivity contribution is -0.305. The van der Waals surface area contributed by atoms with Gasteiger partial charge < -0.3 is 39.4 Å². The van der Waals surface area contributed by atoms with Gasteiger partial charge in [0.05, 0.1) is 13.2 Å². The van der Waals surface area contributed by atoms with Crippen molar-refractivity contribution < 1.29 is 49.0 Å². The highest BCUT2D eigenvalue weighted by Crippen LogP contribution is 2.22. The van der Waals surface area contributed by atoms with E-state index in [0.717, 1.165) is 83.5 Å². The minimum atomic E-state index is -1.60. The molecule has 0 radical (unpaired) electrons. The first-order valence-corrected chi connectivity index (χ1v) is 20.4. The molecule has 10 heteroatoms. The van der Waals surface area contributed by atoms with Crippen LogP contribution in [0, 0.1) is 0 Å². The van der Waals surface area contributed by atoms with Crippen molar-refractivity contribution >= 4 is 11.9 Å². The van der Waals surface area contributed by atoms with Gasteiger partial charge in [-0.2, -0.15) is 0 Å². The van der Waals surface area contributed by atoms with Crippen LogP contribution in [0.15, 0.2) is 60.8 Å². The highest BCUT2D eigenvalue weighted by atomic mass is 16.7. The van der Waals surface area contributed by atoms with E-state index in [0.29, 0.717) is 12.8 Å². The molecule has 1 fully saturated rings. The number of carbonyl (C=O) groups is 2. The van der Waals surface area contributed by atoms with Crippen molar-refractivity contribution in [3.8, 4) is 0 Å². The van der Waals surface area contributed by atoms with Crippen LogP contribution < -0.4 is 0 Å². The Kier molecular flexibility index (Phi) is 31.0. The molecule has 0 spiro atoms. The maximum absolute atomic E-state index is 12.7. The highest BCUT2D eigenvalue weighted by molar-refractivity contribution is 5.70. The summed E-state index contributed by atoms with van der Waals surface area (Å²) in [6.45, 7) is 3.24. The number of unbranched alkanes of at least 4 members (excludes halogenated alkanes) is 11. The van der Waals surface area contributed by atoms with Gasteiger partial charge in [0.2, 0.25) is 0 Å². The number of ether oxygens (including phenoxy) is 4. The van der Waals surface area contributed by atoms with Crippen LogP contribution in [0.5, 0.6) is 0 Å². The summed E-state index contributed by atoms with van der Waals surface area (Å²) in [5.41, 5.74) is 0. The Morgan fingerprint density at radius 2 is 1.09 bits per heavy atom. The molecule has 0 aromatic carbocycles.